The number of aryl methyl sites for hydroxylation is 2. The lowest BCUT2D eigenvalue weighted by Crippen LogP contribution is -2.33. The normalized spacial score (nSPS) is 22.6. The number of benzene rings is 1. The second-order valence-corrected chi connectivity index (χ2v) is 7.03. The molecular formula is C19H24N4. The standard InChI is InChI=1S/C19H24N4/c1-11-3-8-16-13(9-11)10-17-18(16)19(22-12(2)21-17)23-15-6-4-14(20)5-7-15/h3,8-9,14-15H,4-7,10,20H2,1-2H3,(H,21,22,23). The molecule has 4 nitrogen and oxygen atoms in total. The van der Waals surface area contributed by atoms with E-state index in [2.05, 4.69) is 30.4 Å². The van der Waals surface area contributed by atoms with Gasteiger partial charge in [-0.05, 0) is 50.7 Å². The largest absolute Gasteiger partial charge is 0.367 e. The molecule has 4 heteroatoms. The van der Waals surface area contributed by atoms with Crippen molar-refractivity contribution in [1.29, 1.82) is 0 Å². The fourth-order valence-electron chi connectivity index (χ4n) is 3.90. The Bertz CT molecular complexity index is 745. The van der Waals surface area contributed by atoms with E-state index in [1.54, 1.807) is 0 Å². The van der Waals surface area contributed by atoms with Gasteiger partial charge < -0.3 is 11.1 Å². The molecule has 0 saturated heterocycles. The first-order valence-corrected chi connectivity index (χ1v) is 8.59. The third-order valence-corrected chi connectivity index (χ3v) is 5.10. The summed E-state index contributed by atoms with van der Waals surface area (Å²) in [5, 5.41) is 3.69. The van der Waals surface area contributed by atoms with Crippen LogP contribution < -0.4 is 11.1 Å². The number of aromatic nitrogens is 2. The van der Waals surface area contributed by atoms with Crippen LogP contribution in [0.15, 0.2) is 18.2 Å². The Balaban J connectivity index is 1.70. The summed E-state index contributed by atoms with van der Waals surface area (Å²) in [5.74, 6) is 1.86. The summed E-state index contributed by atoms with van der Waals surface area (Å²) in [5.41, 5.74) is 12.4. The quantitative estimate of drug-likeness (QED) is 0.762. The minimum atomic E-state index is 0.370. The predicted octanol–water partition coefficient (Wildman–Crippen LogP) is 3.35. The number of nitrogens with two attached hydrogens (primary N) is 1. The first-order valence-electron chi connectivity index (χ1n) is 8.59. The minimum absolute atomic E-state index is 0.370. The average Bonchev–Trinajstić information content (AvgIpc) is 2.86. The summed E-state index contributed by atoms with van der Waals surface area (Å²) in [7, 11) is 0. The highest BCUT2D eigenvalue weighted by Gasteiger charge is 2.26. The van der Waals surface area contributed by atoms with Gasteiger partial charge >= 0.3 is 0 Å². The van der Waals surface area contributed by atoms with Crippen LogP contribution >= 0.6 is 0 Å². The molecule has 3 N–H and O–H groups in total. The van der Waals surface area contributed by atoms with Crippen LogP contribution in [-0.2, 0) is 6.42 Å². The fraction of sp³-hybridized carbons (Fsp3) is 0.474. The molecule has 1 aromatic heterocycles. The van der Waals surface area contributed by atoms with E-state index in [4.69, 9.17) is 15.7 Å². The molecule has 0 spiro atoms. The van der Waals surface area contributed by atoms with Gasteiger partial charge in [0.2, 0.25) is 0 Å². The lowest BCUT2D eigenvalue weighted by atomic mass is 9.91. The van der Waals surface area contributed by atoms with Crippen LogP contribution in [0, 0.1) is 13.8 Å². The molecule has 2 aliphatic carbocycles. The Morgan fingerprint density at radius 2 is 1.87 bits per heavy atom. The fourth-order valence-corrected chi connectivity index (χ4v) is 3.90. The SMILES string of the molecule is Cc1ccc2c(c1)Cc1nc(C)nc(NC3CCC(N)CC3)c1-2. The molecule has 0 amide bonds. The van der Waals surface area contributed by atoms with Gasteiger partial charge in [-0.25, -0.2) is 9.97 Å². The van der Waals surface area contributed by atoms with Gasteiger partial charge in [0.05, 0.1) is 5.69 Å². The number of nitrogens with zero attached hydrogens (tertiary/aromatic N) is 2. The van der Waals surface area contributed by atoms with E-state index in [0.717, 1.165) is 49.4 Å². The van der Waals surface area contributed by atoms with Crippen molar-refractivity contribution in [2.24, 2.45) is 5.73 Å². The molecular weight excluding hydrogens is 284 g/mol. The Morgan fingerprint density at radius 1 is 1.09 bits per heavy atom. The summed E-state index contributed by atoms with van der Waals surface area (Å²) in [6.45, 7) is 4.13. The highest BCUT2D eigenvalue weighted by molar-refractivity contribution is 5.84. The topological polar surface area (TPSA) is 63.8 Å². The summed E-state index contributed by atoms with van der Waals surface area (Å²) in [6.07, 6.45) is 5.36. The predicted molar refractivity (Wildman–Crippen MR) is 93.6 cm³/mol. The van der Waals surface area contributed by atoms with Gasteiger partial charge in [-0.3, -0.25) is 0 Å². The Kier molecular flexibility index (Phi) is 3.57. The van der Waals surface area contributed by atoms with Crippen LogP contribution in [0.5, 0.6) is 0 Å². The molecule has 0 radical (unpaired) electrons. The van der Waals surface area contributed by atoms with Gasteiger partial charge in [-0.2, -0.15) is 0 Å². The van der Waals surface area contributed by atoms with Crippen molar-refractivity contribution < 1.29 is 0 Å². The molecule has 23 heavy (non-hydrogen) atoms. The first-order chi connectivity index (χ1) is 11.1. The van der Waals surface area contributed by atoms with Crippen molar-refractivity contribution in [1.82, 2.24) is 9.97 Å². The minimum Gasteiger partial charge on any atom is -0.367 e. The lowest BCUT2D eigenvalue weighted by Gasteiger charge is -2.28. The number of fused-ring (bicyclic) bond motifs is 3. The second kappa shape index (κ2) is 5.60. The van der Waals surface area contributed by atoms with Crippen LogP contribution in [0.4, 0.5) is 5.82 Å². The van der Waals surface area contributed by atoms with E-state index in [1.807, 2.05) is 6.92 Å². The van der Waals surface area contributed by atoms with Gasteiger partial charge in [0.15, 0.2) is 0 Å². The number of hydrogen-bond donors (Lipinski definition) is 2. The number of rotatable bonds is 2. The third-order valence-electron chi connectivity index (χ3n) is 5.10. The van der Waals surface area contributed by atoms with E-state index in [9.17, 15) is 0 Å². The zero-order valence-corrected chi connectivity index (χ0v) is 13.9. The Hall–Kier alpha value is -1.94. The maximum atomic E-state index is 6.03. The average molecular weight is 308 g/mol. The molecule has 0 atom stereocenters. The number of anilines is 1. The molecule has 0 aliphatic heterocycles. The summed E-state index contributed by atoms with van der Waals surface area (Å²) >= 11 is 0. The summed E-state index contributed by atoms with van der Waals surface area (Å²) < 4.78 is 0. The zero-order valence-electron chi connectivity index (χ0n) is 13.9. The summed E-state index contributed by atoms with van der Waals surface area (Å²) in [4.78, 5) is 9.42. The van der Waals surface area contributed by atoms with E-state index >= 15 is 0 Å². The lowest BCUT2D eigenvalue weighted by molar-refractivity contribution is 0.410. The molecule has 0 bridgehead atoms. The highest BCUT2D eigenvalue weighted by atomic mass is 15.1. The zero-order chi connectivity index (χ0) is 16.0. The number of hydrogen-bond acceptors (Lipinski definition) is 4. The van der Waals surface area contributed by atoms with Crippen LogP contribution in [0.2, 0.25) is 0 Å². The van der Waals surface area contributed by atoms with Crippen LogP contribution in [0.3, 0.4) is 0 Å². The van der Waals surface area contributed by atoms with Gasteiger partial charge in [0, 0.05) is 24.1 Å². The van der Waals surface area contributed by atoms with Crippen molar-refractivity contribution in [2.75, 3.05) is 5.32 Å². The van der Waals surface area contributed by atoms with Gasteiger partial charge in [0.25, 0.3) is 0 Å². The Morgan fingerprint density at radius 3 is 2.65 bits per heavy atom. The molecule has 1 heterocycles. The molecule has 0 unspecified atom stereocenters. The highest BCUT2D eigenvalue weighted by Crippen LogP contribution is 2.40. The van der Waals surface area contributed by atoms with Crippen molar-refractivity contribution in [3.63, 3.8) is 0 Å². The third kappa shape index (κ3) is 2.72. The molecule has 1 saturated carbocycles. The van der Waals surface area contributed by atoms with Crippen LogP contribution in [-0.4, -0.2) is 22.1 Å². The first kappa shape index (κ1) is 14.6. The van der Waals surface area contributed by atoms with Gasteiger partial charge in [-0.15, -0.1) is 0 Å². The van der Waals surface area contributed by atoms with E-state index in [1.165, 1.54) is 22.3 Å². The number of nitrogens with one attached hydrogen (secondary N) is 1. The Labute approximate surface area is 137 Å². The van der Waals surface area contributed by atoms with E-state index < -0.39 is 0 Å². The molecule has 4 rings (SSSR count). The van der Waals surface area contributed by atoms with Gasteiger partial charge in [-0.1, -0.05) is 23.8 Å². The van der Waals surface area contributed by atoms with Crippen molar-refractivity contribution in [3.05, 3.63) is 40.8 Å². The smallest absolute Gasteiger partial charge is 0.138 e. The van der Waals surface area contributed by atoms with Crippen molar-refractivity contribution >= 4 is 5.82 Å². The molecule has 1 aromatic carbocycles. The van der Waals surface area contributed by atoms with Crippen LogP contribution in [0.1, 0.15) is 48.3 Å². The molecule has 120 valence electrons. The summed E-state index contributed by atoms with van der Waals surface area (Å²) in [6, 6.07) is 7.52. The van der Waals surface area contributed by atoms with Crippen molar-refractivity contribution in [3.8, 4) is 11.1 Å². The van der Waals surface area contributed by atoms with E-state index in [0.29, 0.717) is 12.1 Å². The maximum absolute atomic E-state index is 6.03. The molecule has 2 aromatic rings. The maximum Gasteiger partial charge on any atom is 0.138 e. The van der Waals surface area contributed by atoms with Crippen molar-refractivity contribution in [2.45, 2.75) is 58.0 Å². The van der Waals surface area contributed by atoms with Crippen LogP contribution in [0.25, 0.3) is 11.1 Å². The van der Waals surface area contributed by atoms with E-state index in [-0.39, 0.29) is 0 Å². The monoisotopic (exact) mass is 308 g/mol. The molecule has 1 fully saturated rings. The second-order valence-electron chi connectivity index (χ2n) is 7.03. The van der Waals surface area contributed by atoms with Gasteiger partial charge in [0.1, 0.15) is 11.6 Å². The molecule has 2 aliphatic rings.